The Morgan fingerprint density at radius 3 is 2.25 bits per heavy atom. The monoisotopic (exact) mass is 368 g/mol. The molecule has 0 fully saturated rings. The van der Waals surface area contributed by atoms with E-state index in [1.807, 2.05) is 0 Å². The normalized spacial score (nSPS) is 12.8. The van der Waals surface area contributed by atoms with Gasteiger partial charge in [0, 0.05) is 0 Å². The summed E-state index contributed by atoms with van der Waals surface area (Å²) in [5.74, 6) is -0.881. The highest BCUT2D eigenvalue weighted by atomic mass is 79.9. The van der Waals surface area contributed by atoms with Gasteiger partial charge in [0.2, 0.25) is 5.78 Å². The van der Waals surface area contributed by atoms with E-state index in [1.165, 1.54) is 6.07 Å². The molecular formula is C6H4BrCl3N2O3S. The minimum atomic E-state index is -3.98. The second-order valence-electron chi connectivity index (χ2n) is 2.73. The van der Waals surface area contributed by atoms with Crippen molar-refractivity contribution in [1.29, 1.82) is 0 Å². The van der Waals surface area contributed by atoms with Gasteiger partial charge in [0.25, 0.3) is 13.8 Å². The fourth-order valence-corrected chi connectivity index (χ4v) is 2.79. The molecule has 0 unspecified atom stereocenters. The Kier molecular flexibility index (Phi) is 3.99. The van der Waals surface area contributed by atoms with Crippen LogP contribution in [0.25, 0.3) is 0 Å². The van der Waals surface area contributed by atoms with Crippen molar-refractivity contribution in [2.24, 2.45) is 5.14 Å². The minimum Gasteiger partial charge on any atom is -0.341 e. The molecule has 1 heterocycles. The van der Waals surface area contributed by atoms with Crippen molar-refractivity contribution in [3.63, 3.8) is 0 Å². The fourth-order valence-electron chi connectivity index (χ4n) is 0.892. The first-order valence-electron chi connectivity index (χ1n) is 3.56. The first kappa shape index (κ1) is 14.3. The summed E-state index contributed by atoms with van der Waals surface area (Å²) in [5, 5.41) is 4.52. The molecule has 0 spiro atoms. The number of nitrogens with one attached hydrogen (secondary N) is 1. The van der Waals surface area contributed by atoms with Crippen LogP contribution in [0.3, 0.4) is 0 Å². The molecule has 0 saturated heterocycles. The number of carbonyl (C=O) groups is 1. The van der Waals surface area contributed by atoms with Crippen LogP contribution in [0.15, 0.2) is 15.6 Å². The number of aromatic amines is 1. The lowest BCUT2D eigenvalue weighted by molar-refractivity contribution is 0.0992. The third-order valence-corrected chi connectivity index (χ3v) is 3.82. The van der Waals surface area contributed by atoms with Gasteiger partial charge >= 0.3 is 0 Å². The van der Waals surface area contributed by atoms with Crippen LogP contribution in [0.5, 0.6) is 0 Å². The van der Waals surface area contributed by atoms with Crippen LogP contribution in [0, 0.1) is 0 Å². The third-order valence-electron chi connectivity index (χ3n) is 1.52. The fraction of sp³-hybridized carbons (Fsp3) is 0.167. The zero-order valence-electron chi connectivity index (χ0n) is 7.30. The molecule has 0 aromatic carbocycles. The number of halogens is 4. The molecule has 3 N–H and O–H groups in total. The number of hydrogen-bond donors (Lipinski definition) is 2. The molecule has 90 valence electrons. The number of carbonyl (C=O) groups excluding carboxylic acids is 1. The molecule has 1 rings (SSSR count). The van der Waals surface area contributed by atoms with Crippen molar-refractivity contribution < 1.29 is 13.2 Å². The van der Waals surface area contributed by atoms with Gasteiger partial charge in [-0.2, -0.15) is 0 Å². The maximum absolute atomic E-state index is 11.5. The van der Waals surface area contributed by atoms with Gasteiger partial charge in [-0.3, -0.25) is 4.79 Å². The van der Waals surface area contributed by atoms with E-state index in [0.29, 0.717) is 0 Å². The van der Waals surface area contributed by atoms with Gasteiger partial charge in [-0.25, -0.2) is 13.6 Å². The maximum atomic E-state index is 11.5. The van der Waals surface area contributed by atoms with Crippen molar-refractivity contribution in [3.05, 3.63) is 16.2 Å². The first-order valence-corrected chi connectivity index (χ1v) is 7.03. The summed E-state index contributed by atoms with van der Waals surface area (Å²) in [7, 11) is -3.98. The lowest BCUT2D eigenvalue weighted by Gasteiger charge is -2.06. The van der Waals surface area contributed by atoms with E-state index >= 15 is 0 Å². The molecule has 1 aromatic heterocycles. The lowest BCUT2D eigenvalue weighted by atomic mass is 10.3. The summed E-state index contributed by atoms with van der Waals surface area (Å²) in [5.41, 5.74) is -0.170. The van der Waals surface area contributed by atoms with E-state index in [9.17, 15) is 13.2 Å². The van der Waals surface area contributed by atoms with E-state index in [-0.39, 0.29) is 15.2 Å². The summed E-state index contributed by atoms with van der Waals surface area (Å²) in [6.07, 6.45) is 0. The van der Waals surface area contributed by atoms with E-state index < -0.39 is 19.6 Å². The number of H-pyrrole nitrogens is 1. The third kappa shape index (κ3) is 3.12. The highest BCUT2D eigenvalue weighted by molar-refractivity contribution is 9.10. The van der Waals surface area contributed by atoms with Crippen LogP contribution >= 0.6 is 50.7 Å². The average molecular weight is 370 g/mol. The number of hydrogen-bond acceptors (Lipinski definition) is 3. The molecule has 0 bridgehead atoms. The van der Waals surface area contributed by atoms with Crippen LogP contribution in [-0.4, -0.2) is 23.0 Å². The van der Waals surface area contributed by atoms with Crippen molar-refractivity contribution in [2.45, 2.75) is 8.82 Å². The van der Waals surface area contributed by atoms with Crippen molar-refractivity contribution >= 4 is 66.5 Å². The highest BCUT2D eigenvalue weighted by Crippen LogP contribution is 2.32. The Labute approximate surface area is 114 Å². The molecule has 10 heteroatoms. The van der Waals surface area contributed by atoms with Gasteiger partial charge in [0.05, 0.1) is 10.2 Å². The van der Waals surface area contributed by atoms with Crippen molar-refractivity contribution in [1.82, 2.24) is 4.98 Å². The number of nitrogens with two attached hydrogens (primary N) is 1. The summed E-state index contributed by atoms with van der Waals surface area (Å²) < 4.78 is 20.0. The zero-order chi connectivity index (χ0) is 12.7. The molecule has 0 aliphatic rings. The number of sulfonamides is 1. The van der Waals surface area contributed by atoms with Crippen molar-refractivity contribution in [3.8, 4) is 0 Å². The number of aromatic nitrogens is 1. The molecular weight excluding hydrogens is 366 g/mol. The second-order valence-corrected chi connectivity index (χ2v) is 7.37. The van der Waals surface area contributed by atoms with E-state index in [0.717, 1.165) is 0 Å². The van der Waals surface area contributed by atoms with Gasteiger partial charge in [-0.05, 0) is 22.0 Å². The molecule has 0 aliphatic heterocycles. The Hall–Kier alpha value is 0.210. The smallest absolute Gasteiger partial charge is 0.254 e. The SMILES string of the molecule is NS(=O)(=O)c1[nH]c(C(=O)C(Cl)(Cl)Cl)cc1Br. The summed E-state index contributed by atoms with van der Waals surface area (Å²) in [6.45, 7) is 0. The van der Waals surface area contributed by atoms with Crippen LogP contribution in [0.1, 0.15) is 10.5 Å². The molecule has 0 saturated carbocycles. The molecule has 1 aromatic rings. The van der Waals surface area contributed by atoms with Crippen LogP contribution in [0.2, 0.25) is 0 Å². The highest BCUT2D eigenvalue weighted by Gasteiger charge is 2.34. The number of alkyl halides is 3. The molecule has 0 radical (unpaired) electrons. The van der Waals surface area contributed by atoms with E-state index in [4.69, 9.17) is 39.9 Å². The Morgan fingerprint density at radius 2 is 1.94 bits per heavy atom. The zero-order valence-corrected chi connectivity index (χ0v) is 12.0. The molecule has 0 atom stereocenters. The first-order chi connectivity index (χ1) is 7.03. The number of ketones is 1. The van der Waals surface area contributed by atoms with Crippen LogP contribution in [-0.2, 0) is 10.0 Å². The summed E-state index contributed by atoms with van der Waals surface area (Å²) in [4.78, 5) is 13.7. The van der Waals surface area contributed by atoms with Gasteiger partial charge < -0.3 is 4.98 Å². The van der Waals surface area contributed by atoms with Crippen LogP contribution < -0.4 is 5.14 Å². The summed E-state index contributed by atoms with van der Waals surface area (Å²) >= 11 is 19.0. The standard InChI is InChI=1S/C6H4BrCl3N2O3S/c7-2-1-3(4(13)6(8,9)10)12-5(2)16(11,14)15/h1,12H,(H2,11,14,15). The number of primary sulfonamides is 1. The summed E-state index contributed by atoms with van der Waals surface area (Å²) in [6, 6.07) is 1.17. The molecule has 0 aliphatic carbocycles. The van der Waals surface area contributed by atoms with Crippen LogP contribution in [0.4, 0.5) is 0 Å². The van der Waals surface area contributed by atoms with Gasteiger partial charge in [0.15, 0.2) is 5.03 Å². The molecule has 16 heavy (non-hydrogen) atoms. The average Bonchev–Trinajstić information content (AvgIpc) is 2.43. The Bertz CT molecular complexity index is 534. The second kappa shape index (κ2) is 4.47. The predicted octanol–water partition coefficient (Wildman–Crippen LogP) is 1.98. The van der Waals surface area contributed by atoms with Gasteiger partial charge in [-0.1, -0.05) is 34.8 Å². The lowest BCUT2D eigenvalue weighted by Crippen LogP contribution is -2.20. The molecule has 5 nitrogen and oxygen atoms in total. The largest absolute Gasteiger partial charge is 0.341 e. The van der Waals surface area contributed by atoms with Gasteiger partial charge in [0.1, 0.15) is 0 Å². The topological polar surface area (TPSA) is 93.0 Å². The maximum Gasteiger partial charge on any atom is 0.254 e. The van der Waals surface area contributed by atoms with E-state index in [1.54, 1.807) is 0 Å². The minimum absolute atomic E-state index is 0.0904. The Balaban J connectivity index is 3.28. The Morgan fingerprint density at radius 1 is 1.44 bits per heavy atom. The van der Waals surface area contributed by atoms with Gasteiger partial charge in [-0.15, -0.1) is 0 Å². The van der Waals surface area contributed by atoms with E-state index in [2.05, 4.69) is 20.9 Å². The van der Waals surface area contributed by atoms with Crippen molar-refractivity contribution in [2.75, 3.05) is 0 Å². The number of Topliss-reactive ketones (excluding diaryl/α,β-unsaturated/α-hetero) is 1. The predicted molar refractivity (Wildman–Crippen MR) is 64.5 cm³/mol. The number of rotatable bonds is 2. The molecule has 0 amide bonds. The quantitative estimate of drug-likeness (QED) is 0.616.